The fourth-order valence-electron chi connectivity index (χ4n) is 0.970. The van der Waals surface area contributed by atoms with Crippen molar-refractivity contribution in [2.24, 2.45) is 0 Å². The van der Waals surface area contributed by atoms with Crippen LogP contribution in [0.25, 0.3) is 0 Å². The van der Waals surface area contributed by atoms with Gasteiger partial charge in [0.1, 0.15) is 0 Å². The summed E-state index contributed by atoms with van der Waals surface area (Å²) in [7, 11) is -5.28. The molecule has 10 heteroatoms. The van der Waals surface area contributed by atoms with Crippen LogP contribution in [0.1, 0.15) is 12.8 Å². The van der Waals surface area contributed by atoms with Gasteiger partial charge in [-0.15, -0.1) is 12.8 Å². The molecule has 2 rings (SSSR count). The van der Waals surface area contributed by atoms with Gasteiger partial charge in [0.25, 0.3) is 15.2 Å². The van der Waals surface area contributed by atoms with Crippen LogP contribution >= 0.6 is 15.2 Å². The minimum Gasteiger partial charge on any atom is -0.486 e. The molecule has 2 heterocycles. The van der Waals surface area contributed by atoms with Crippen molar-refractivity contribution in [3.05, 3.63) is 13.2 Å². The number of hydrogen-bond acceptors (Lipinski definition) is 6. The predicted octanol–water partition coefficient (Wildman–Crippen LogP) is 2.81. The third-order valence-electron chi connectivity index (χ3n) is 1.66. The molecule has 0 N–H and O–H groups in total. The molecule has 0 aliphatic carbocycles. The minimum atomic E-state index is -2.64. The molecule has 18 heavy (non-hydrogen) atoms. The molecule has 2 saturated heterocycles. The van der Waals surface area contributed by atoms with Crippen molar-refractivity contribution >= 4 is 15.2 Å². The van der Waals surface area contributed by atoms with E-state index in [1.807, 2.05) is 0 Å². The Kier molecular flexibility index (Phi) is 12.4. The van der Waals surface area contributed by atoms with Crippen LogP contribution in [-0.4, -0.2) is 26.5 Å². The van der Waals surface area contributed by atoms with E-state index in [9.17, 15) is 9.13 Å². The first-order valence-electron chi connectivity index (χ1n) is 4.86. The van der Waals surface area contributed by atoms with Crippen LogP contribution in [0, 0.1) is 13.2 Å². The molecular formula is C8H16O6P2V2-2. The molecule has 2 atom stereocenters. The summed E-state index contributed by atoms with van der Waals surface area (Å²) in [6.45, 7) is 7.03. The zero-order valence-electron chi connectivity index (χ0n) is 10.2. The van der Waals surface area contributed by atoms with E-state index in [0.29, 0.717) is 13.2 Å². The molecule has 0 spiro atoms. The second kappa shape index (κ2) is 10.2. The van der Waals surface area contributed by atoms with E-state index < -0.39 is 15.2 Å². The zero-order chi connectivity index (χ0) is 12.1. The van der Waals surface area contributed by atoms with E-state index in [-0.39, 0.29) is 37.1 Å². The largest absolute Gasteiger partial charge is 0.486 e. The summed E-state index contributed by atoms with van der Waals surface area (Å²) < 4.78 is 40.4. The summed E-state index contributed by atoms with van der Waals surface area (Å²) in [4.78, 5) is 0. The summed E-state index contributed by atoms with van der Waals surface area (Å²) in [5.74, 6) is 0. The van der Waals surface area contributed by atoms with Crippen LogP contribution < -0.4 is 0 Å². The summed E-state index contributed by atoms with van der Waals surface area (Å²) >= 11 is 0. The molecule has 0 unspecified atom stereocenters. The van der Waals surface area contributed by atoms with Crippen LogP contribution in [0.2, 0.25) is 0 Å². The topological polar surface area (TPSA) is 71.1 Å². The fraction of sp³-hybridized carbons (Fsp3) is 0.750. The third-order valence-corrected chi connectivity index (χ3v) is 4.02. The van der Waals surface area contributed by atoms with Crippen molar-refractivity contribution in [2.45, 2.75) is 12.8 Å². The quantitative estimate of drug-likeness (QED) is 0.481. The van der Waals surface area contributed by atoms with Gasteiger partial charge in [0.15, 0.2) is 0 Å². The number of hydrogen-bond donors (Lipinski definition) is 0. The summed E-state index contributed by atoms with van der Waals surface area (Å²) in [6, 6.07) is 0. The van der Waals surface area contributed by atoms with Gasteiger partial charge in [-0.1, -0.05) is 0 Å². The van der Waals surface area contributed by atoms with Gasteiger partial charge in [0.05, 0.1) is 0 Å². The monoisotopic (exact) mass is 372 g/mol. The molecule has 2 aliphatic heterocycles. The summed E-state index contributed by atoms with van der Waals surface area (Å²) in [5.41, 5.74) is 0. The minimum absolute atomic E-state index is 0. The summed E-state index contributed by atoms with van der Waals surface area (Å²) in [5, 5.41) is 0. The van der Waals surface area contributed by atoms with E-state index in [1.54, 1.807) is 0 Å². The predicted molar refractivity (Wildman–Crippen MR) is 59.0 cm³/mol. The van der Waals surface area contributed by atoms with Crippen molar-refractivity contribution in [3.63, 3.8) is 0 Å². The Bertz CT molecular complexity index is 264. The molecule has 6 nitrogen and oxygen atoms in total. The van der Waals surface area contributed by atoms with Gasteiger partial charge in [0.2, 0.25) is 0 Å². The van der Waals surface area contributed by atoms with E-state index in [1.165, 1.54) is 26.5 Å². The van der Waals surface area contributed by atoms with Gasteiger partial charge in [-0.25, -0.2) is 0 Å². The molecule has 2 radical (unpaired) electrons. The standard InChI is InChI=1S/2C4H8O3P.2V/c2*1-8(5)6-3-2-4-7-8;;/h2*3H,2,4H2,1H3;;/q2*-1;;/t2*8-;;/m10../s1. The first kappa shape index (κ1) is 21.8. The van der Waals surface area contributed by atoms with Crippen molar-refractivity contribution in [2.75, 3.05) is 26.5 Å². The average molecular weight is 372 g/mol. The van der Waals surface area contributed by atoms with Crippen molar-refractivity contribution in [1.82, 2.24) is 0 Å². The maximum Gasteiger partial charge on any atom is 0.297 e. The maximum absolute atomic E-state index is 10.8. The van der Waals surface area contributed by atoms with Gasteiger partial charge in [-0.2, -0.15) is 13.2 Å². The smallest absolute Gasteiger partial charge is 0.297 e. The van der Waals surface area contributed by atoms with E-state index in [0.717, 1.165) is 12.8 Å². The first-order chi connectivity index (χ1) is 7.41. The van der Waals surface area contributed by atoms with E-state index in [4.69, 9.17) is 9.05 Å². The number of rotatable bonds is 0. The Labute approximate surface area is 132 Å². The molecule has 0 aromatic rings. The fourth-order valence-corrected chi connectivity index (χ4v) is 2.72. The van der Waals surface area contributed by atoms with Gasteiger partial charge >= 0.3 is 0 Å². The van der Waals surface area contributed by atoms with Crippen LogP contribution in [0.15, 0.2) is 0 Å². The second-order valence-corrected chi connectivity index (χ2v) is 7.35. The molecule has 0 amide bonds. The average Bonchev–Trinajstić information content (AvgIpc) is 2.17. The maximum atomic E-state index is 10.8. The van der Waals surface area contributed by atoms with Gasteiger partial charge in [-0.05, 0) is 0 Å². The summed E-state index contributed by atoms with van der Waals surface area (Å²) in [6.07, 6.45) is 1.47. The zero-order valence-corrected chi connectivity index (χ0v) is 14.8. The third kappa shape index (κ3) is 10.3. The van der Waals surface area contributed by atoms with E-state index >= 15 is 0 Å². The van der Waals surface area contributed by atoms with Gasteiger partial charge in [0, 0.05) is 63.7 Å². The normalized spacial score (nSPS) is 35.2. The Morgan fingerprint density at radius 1 is 0.833 bits per heavy atom. The Morgan fingerprint density at radius 3 is 1.28 bits per heavy atom. The Balaban J connectivity index is 0. The SMILES string of the molecule is C[P@@]1(=O)O[CH-]CCO1.C[P@]1(=O)O[CH-]CCO1.[V].[V]. The van der Waals surface area contributed by atoms with Crippen LogP contribution in [0.3, 0.4) is 0 Å². The Hall–Kier alpha value is 1.47. The van der Waals surface area contributed by atoms with Gasteiger partial charge < -0.3 is 18.1 Å². The molecule has 2 aliphatic rings. The van der Waals surface area contributed by atoms with Crippen molar-refractivity contribution in [3.8, 4) is 0 Å². The molecule has 0 aromatic heterocycles. The van der Waals surface area contributed by atoms with Crippen LogP contribution in [0.5, 0.6) is 0 Å². The molecule has 0 aromatic carbocycles. The first-order valence-corrected chi connectivity index (χ1v) is 8.83. The molecule has 0 bridgehead atoms. The molecule has 2 fully saturated rings. The molecular weight excluding hydrogens is 356 g/mol. The van der Waals surface area contributed by atoms with Crippen molar-refractivity contribution < 1.29 is 64.3 Å². The molecule has 106 valence electrons. The van der Waals surface area contributed by atoms with Crippen molar-refractivity contribution in [1.29, 1.82) is 0 Å². The second-order valence-electron chi connectivity index (χ2n) is 3.33. The van der Waals surface area contributed by atoms with Crippen LogP contribution in [0.4, 0.5) is 0 Å². The molecule has 0 saturated carbocycles. The van der Waals surface area contributed by atoms with Gasteiger partial charge in [-0.3, -0.25) is 9.13 Å². The Morgan fingerprint density at radius 2 is 1.17 bits per heavy atom. The van der Waals surface area contributed by atoms with E-state index in [2.05, 4.69) is 9.05 Å². The van der Waals surface area contributed by atoms with Crippen LogP contribution in [-0.2, 0) is 64.3 Å².